The van der Waals surface area contributed by atoms with Gasteiger partial charge < -0.3 is 10.1 Å². The topological polar surface area (TPSA) is 62.2 Å². The van der Waals surface area contributed by atoms with Crippen molar-refractivity contribution >= 4 is 23.0 Å². The second-order valence-corrected chi connectivity index (χ2v) is 10.8. The summed E-state index contributed by atoms with van der Waals surface area (Å²) >= 11 is 0. The van der Waals surface area contributed by atoms with Crippen LogP contribution in [0.5, 0.6) is 0 Å². The first-order valence-electron chi connectivity index (χ1n) is 13.5. The Hall–Kier alpha value is -4.20. The van der Waals surface area contributed by atoms with Gasteiger partial charge in [0.05, 0.1) is 12.7 Å². The zero-order valence-electron chi connectivity index (χ0n) is 24.1. The van der Waals surface area contributed by atoms with Crippen molar-refractivity contribution in [2.45, 2.75) is 50.9 Å². The molecule has 0 aliphatic carbocycles. The monoisotopic (exact) mass is 580 g/mol. The summed E-state index contributed by atoms with van der Waals surface area (Å²) in [5, 5.41) is 10.7. The molecule has 0 heterocycles. The fraction of sp³-hybridized carbons (Fsp3) is 0.294. The summed E-state index contributed by atoms with van der Waals surface area (Å²) < 4.78 is 59.2. The van der Waals surface area contributed by atoms with Gasteiger partial charge in [-0.05, 0) is 53.8 Å². The number of ether oxygens (including phenoxy) is 1. The zero-order chi connectivity index (χ0) is 31.1. The van der Waals surface area contributed by atoms with Crippen LogP contribution in [0.3, 0.4) is 0 Å². The van der Waals surface area contributed by atoms with Crippen molar-refractivity contribution in [1.29, 1.82) is 5.41 Å². The largest absolute Gasteiger partial charge is 0.484 e. The van der Waals surface area contributed by atoms with Crippen molar-refractivity contribution in [1.82, 2.24) is 5.32 Å². The first kappa shape index (κ1) is 32.3. The van der Waals surface area contributed by atoms with Crippen LogP contribution in [0.1, 0.15) is 70.8 Å². The van der Waals surface area contributed by atoms with E-state index in [9.17, 15) is 22.4 Å². The second-order valence-electron chi connectivity index (χ2n) is 10.8. The van der Waals surface area contributed by atoms with Crippen LogP contribution in [-0.2, 0) is 17.3 Å². The van der Waals surface area contributed by atoms with Crippen molar-refractivity contribution in [2.24, 2.45) is 0 Å². The summed E-state index contributed by atoms with van der Waals surface area (Å²) in [7, 11) is 1.44. The number of hydrogen-bond acceptors (Lipinski definition) is 4. The van der Waals surface area contributed by atoms with Crippen LogP contribution < -0.4 is 5.32 Å². The van der Waals surface area contributed by atoms with E-state index in [1.165, 1.54) is 33.1 Å². The van der Waals surface area contributed by atoms with Crippen molar-refractivity contribution in [3.05, 3.63) is 119 Å². The van der Waals surface area contributed by atoms with Crippen LogP contribution >= 0.6 is 0 Å². The molecule has 0 spiro atoms. The lowest BCUT2D eigenvalue weighted by molar-refractivity contribution is -0.137. The Morgan fingerprint density at radius 1 is 0.929 bits per heavy atom. The minimum Gasteiger partial charge on any atom is -0.484 e. The highest BCUT2D eigenvalue weighted by atomic mass is 19.4. The molecule has 0 saturated heterocycles. The summed E-state index contributed by atoms with van der Waals surface area (Å²) in [5.41, 5.74) is 1.91. The predicted molar refractivity (Wildman–Crippen MR) is 160 cm³/mol. The highest BCUT2D eigenvalue weighted by Crippen LogP contribution is 2.37. The van der Waals surface area contributed by atoms with E-state index in [2.05, 4.69) is 18.5 Å². The molecular weight excluding hydrogens is 544 g/mol. The predicted octanol–water partition coefficient (Wildman–Crippen LogP) is 8.64. The molecule has 3 aromatic carbocycles. The third-order valence-electron chi connectivity index (χ3n) is 6.84. The number of ketones is 1. The van der Waals surface area contributed by atoms with Crippen LogP contribution in [-0.4, -0.2) is 31.0 Å². The Labute approximate surface area is 244 Å². The molecule has 0 aliphatic rings. The van der Waals surface area contributed by atoms with Crippen molar-refractivity contribution < 1.29 is 27.1 Å². The number of carbonyl (C=O) groups excluding carboxylic acids is 1. The first-order chi connectivity index (χ1) is 19.7. The van der Waals surface area contributed by atoms with E-state index in [1.807, 2.05) is 42.5 Å². The lowest BCUT2D eigenvalue weighted by Crippen LogP contribution is -2.17. The molecule has 0 fully saturated rings. The normalized spacial score (nSPS) is 12.4. The van der Waals surface area contributed by atoms with Gasteiger partial charge in [-0.25, -0.2) is 4.39 Å². The number of Topliss-reactive ketones (excluding diaryl/α,β-unsaturated/α-hetero) is 1. The van der Waals surface area contributed by atoms with Crippen molar-refractivity contribution in [3.63, 3.8) is 0 Å². The lowest BCUT2D eigenvalue weighted by atomic mass is 9.82. The Morgan fingerprint density at radius 3 is 2.19 bits per heavy atom. The van der Waals surface area contributed by atoms with E-state index >= 15 is 0 Å². The summed E-state index contributed by atoms with van der Waals surface area (Å²) in [6, 6.07) is 19.0. The lowest BCUT2D eigenvalue weighted by Gasteiger charge is -2.22. The number of carbonyl (C=O) groups is 1. The van der Waals surface area contributed by atoms with Gasteiger partial charge in [0.1, 0.15) is 5.67 Å². The van der Waals surface area contributed by atoms with Gasteiger partial charge in [-0.15, -0.1) is 0 Å². The molecule has 1 unspecified atom stereocenters. The van der Waals surface area contributed by atoms with Crippen LogP contribution in [0.2, 0.25) is 0 Å². The van der Waals surface area contributed by atoms with Gasteiger partial charge in [-0.2, -0.15) is 13.2 Å². The third-order valence-corrected chi connectivity index (χ3v) is 6.84. The molecule has 0 saturated carbocycles. The molecule has 0 aromatic heterocycles. The number of methoxy groups -OCH3 is 1. The number of nitrogens with one attached hydrogen (secondary N) is 2. The highest BCUT2D eigenvalue weighted by molar-refractivity contribution is 5.98. The summed E-state index contributed by atoms with van der Waals surface area (Å²) in [6.07, 6.45) is -4.10. The summed E-state index contributed by atoms with van der Waals surface area (Å²) in [5.74, 6) is -0.862. The fourth-order valence-electron chi connectivity index (χ4n) is 4.63. The van der Waals surface area contributed by atoms with Crippen LogP contribution in [0.25, 0.3) is 11.3 Å². The molecule has 0 radical (unpaired) electrons. The molecule has 0 amide bonds. The molecule has 0 aliphatic heterocycles. The van der Waals surface area contributed by atoms with Gasteiger partial charge in [0, 0.05) is 43.0 Å². The van der Waals surface area contributed by atoms with Gasteiger partial charge >= 0.3 is 6.18 Å². The summed E-state index contributed by atoms with van der Waals surface area (Å²) in [6.45, 7) is 11.8. The van der Waals surface area contributed by atoms with Crippen LogP contribution in [0, 0.1) is 5.41 Å². The Bertz CT molecular complexity index is 1440. The van der Waals surface area contributed by atoms with Crippen LogP contribution in [0.15, 0.2) is 86.0 Å². The minimum atomic E-state index is -4.57. The second kappa shape index (κ2) is 13.6. The van der Waals surface area contributed by atoms with Crippen LogP contribution in [0.4, 0.5) is 17.6 Å². The average molecular weight is 581 g/mol. The van der Waals surface area contributed by atoms with E-state index in [0.29, 0.717) is 29.8 Å². The molecule has 42 heavy (non-hydrogen) atoms. The Kier molecular flexibility index (Phi) is 10.5. The molecule has 1 atom stereocenters. The molecule has 2 N–H and O–H groups in total. The standard InChI is InChI=1S/C34H36F4N2O2/c1-22(27-9-6-8-24(18-27)21-33(3,4)35)30(20-31(41)28-10-7-11-29(19-28)34(36,37)38)26-14-12-25(13-15-26)23(2)40-17-16-32(39)42-5/h6-15,18-19,30,39-40H,1-2,16-17,20-21H2,3-5H3. The number of halogens is 4. The van der Waals surface area contributed by atoms with Crippen molar-refractivity contribution in [2.75, 3.05) is 13.7 Å². The smallest absolute Gasteiger partial charge is 0.416 e. The Balaban J connectivity index is 1.92. The van der Waals surface area contributed by atoms with Gasteiger partial charge in [0.25, 0.3) is 0 Å². The van der Waals surface area contributed by atoms with Gasteiger partial charge in [0.15, 0.2) is 11.7 Å². The molecule has 0 bridgehead atoms. The van der Waals surface area contributed by atoms with E-state index in [4.69, 9.17) is 10.1 Å². The Morgan fingerprint density at radius 2 is 1.57 bits per heavy atom. The molecule has 3 rings (SSSR count). The molecular formula is C34H36F4N2O2. The van der Waals surface area contributed by atoms with E-state index in [1.54, 1.807) is 6.07 Å². The maximum atomic E-state index is 14.4. The number of allylic oxidation sites excluding steroid dienone is 1. The fourth-order valence-corrected chi connectivity index (χ4v) is 4.63. The highest BCUT2D eigenvalue weighted by Gasteiger charge is 2.31. The minimum absolute atomic E-state index is 0.0358. The molecule has 222 valence electrons. The maximum absolute atomic E-state index is 14.4. The van der Waals surface area contributed by atoms with E-state index in [-0.39, 0.29) is 24.3 Å². The van der Waals surface area contributed by atoms with Gasteiger partial charge in [-0.3, -0.25) is 10.2 Å². The van der Waals surface area contributed by atoms with Gasteiger partial charge in [0.2, 0.25) is 0 Å². The first-order valence-corrected chi connectivity index (χ1v) is 13.5. The van der Waals surface area contributed by atoms with E-state index < -0.39 is 29.1 Å². The number of hydrogen-bond donors (Lipinski definition) is 2. The molecule has 8 heteroatoms. The molecule has 3 aromatic rings. The summed E-state index contributed by atoms with van der Waals surface area (Å²) in [4.78, 5) is 13.4. The zero-order valence-corrected chi connectivity index (χ0v) is 24.1. The van der Waals surface area contributed by atoms with Crippen molar-refractivity contribution in [3.8, 4) is 0 Å². The molecule has 4 nitrogen and oxygen atoms in total. The van der Waals surface area contributed by atoms with E-state index in [0.717, 1.165) is 28.8 Å². The quantitative estimate of drug-likeness (QED) is 0.0921. The number of alkyl halides is 4. The van der Waals surface area contributed by atoms with Gasteiger partial charge in [-0.1, -0.05) is 73.8 Å². The number of benzene rings is 3. The number of rotatable bonds is 13. The maximum Gasteiger partial charge on any atom is 0.416 e. The SMILES string of the molecule is C=C(NCCC(=N)OC)c1ccc(C(CC(=O)c2cccc(C(F)(F)F)c2)C(=C)c2cccc(CC(C)(C)F)c2)cc1. The average Bonchev–Trinajstić information content (AvgIpc) is 2.94. The third kappa shape index (κ3) is 9.16.